The fourth-order valence-electron chi connectivity index (χ4n) is 0.807. The van der Waals surface area contributed by atoms with Crippen molar-refractivity contribution >= 4 is 0 Å². The van der Waals surface area contributed by atoms with Gasteiger partial charge in [0.15, 0.2) is 0 Å². The molecule has 0 atom stereocenters. The van der Waals surface area contributed by atoms with E-state index >= 15 is 0 Å². The first-order valence-electron chi connectivity index (χ1n) is 3.01. The van der Waals surface area contributed by atoms with Gasteiger partial charge in [0, 0.05) is 0 Å². The summed E-state index contributed by atoms with van der Waals surface area (Å²) < 4.78 is 25.3. The van der Waals surface area contributed by atoms with E-state index in [2.05, 4.69) is 0 Å². The molecule has 0 N–H and O–H groups in total. The van der Waals surface area contributed by atoms with Crippen molar-refractivity contribution in [1.29, 1.82) is 5.26 Å². The molecule has 0 heterocycles. The molecule has 0 fully saturated rings. The number of hydrogen-bond donors (Lipinski definition) is 0. The van der Waals surface area contributed by atoms with Crippen molar-refractivity contribution in [2.24, 2.45) is 0 Å². The van der Waals surface area contributed by atoms with Crippen molar-refractivity contribution in [2.45, 2.75) is 6.92 Å². The van der Waals surface area contributed by atoms with Gasteiger partial charge in [-0.2, -0.15) is 5.26 Å². The van der Waals surface area contributed by atoms with Crippen molar-refractivity contribution in [3.63, 3.8) is 0 Å². The molecule has 56 valence electrons. The van der Waals surface area contributed by atoms with E-state index in [0.29, 0.717) is 5.56 Å². The molecule has 0 bridgehead atoms. The molecule has 0 aliphatic heterocycles. The van der Waals surface area contributed by atoms with Crippen LogP contribution in [0.1, 0.15) is 11.1 Å². The smallest absolute Gasteiger partial charge is 0.144 e. The van der Waals surface area contributed by atoms with Crippen LogP contribution in [0.25, 0.3) is 0 Å². The Labute approximate surface area is 62.9 Å². The standard InChI is InChI=1S/C8H5F2N/c1-5-2-7(9)6(4-11)8(10)3-5/h2-3H,1H3. The van der Waals surface area contributed by atoms with Crippen LogP contribution in [0.3, 0.4) is 0 Å². The highest BCUT2D eigenvalue weighted by molar-refractivity contribution is 5.34. The Kier molecular flexibility index (Phi) is 1.86. The molecule has 11 heavy (non-hydrogen) atoms. The normalized spacial score (nSPS) is 9.27. The average molecular weight is 153 g/mol. The van der Waals surface area contributed by atoms with E-state index in [-0.39, 0.29) is 0 Å². The van der Waals surface area contributed by atoms with E-state index in [4.69, 9.17) is 5.26 Å². The highest BCUT2D eigenvalue weighted by Gasteiger charge is 2.07. The second-order valence-corrected chi connectivity index (χ2v) is 2.22. The SMILES string of the molecule is Cc1cc(F)c(C#N)c(F)c1. The lowest BCUT2D eigenvalue weighted by molar-refractivity contribution is 0.575. The van der Waals surface area contributed by atoms with E-state index in [1.807, 2.05) is 0 Å². The Bertz CT molecular complexity index is 302. The van der Waals surface area contributed by atoms with Crippen molar-refractivity contribution in [3.8, 4) is 6.07 Å². The van der Waals surface area contributed by atoms with Crippen LogP contribution in [-0.2, 0) is 0 Å². The summed E-state index contributed by atoms with van der Waals surface area (Å²) in [4.78, 5) is 0. The Hall–Kier alpha value is -1.43. The number of benzene rings is 1. The van der Waals surface area contributed by atoms with E-state index in [9.17, 15) is 8.78 Å². The largest absolute Gasteiger partial charge is 0.205 e. The van der Waals surface area contributed by atoms with Gasteiger partial charge in [-0.3, -0.25) is 0 Å². The van der Waals surface area contributed by atoms with Gasteiger partial charge in [0.1, 0.15) is 23.3 Å². The van der Waals surface area contributed by atoms with E-state index < -0.39 is 17.2 Å². The van der Waals surface area contributed by atoms with Crippen LogP contribution in [0.4, 0.5) is 8.78 Å². The molecule has 0 aromatic heterocycles. The van der Waals surface area contributed by atoms with Crippen molar-refractivity contribution < 1.29 is 8.78 Å². The number of rotatable bonds is 0. The molecular weight excluding hydrogens is 148 g/mol. The second kappa shape index (κ2) is 2.67. The summed E-state index contributed by atoms with van der Waals surface area (Å²) in [6.07, 6.45) is 0. The maximum absolute atomic E-state index is 12.6. The lowest BCUT2D eigenvalue weighted by Crippen LogP contribution is -1.90. The first-order chi connectivity index (χ1) is 5.15. The minimum absolute atomic E-state index is 0.471. The summed E-state index contributed by atoms with van der Waals surface area (Å²) in [5, 5.41) is 8.26. The van der Waals surface area contributed by atoms with Gasteiger partial charge in [-0.15, -0.1) is 0 Å². The summed E-state index contributed by atoms with van der Waals surface area (Å²) in [6.45, 7) is 1.56. The lowest BCUT2D eigenvalue weighted by Gasteiger charge is -1.96. The van der Waals surface area contributed by atoms with Crippen molar-refractivity contribution in [3.05, 3.63) is 34.9 Å². The van der Waals surface area contributed by atoms with Gasteiger partial charge >= 0.3 is 0 Å². The van der Waals surface area contributed by atoms with Crippen LogP contribution in [0.2, 0.25) is 0 Å². The molecule has 3 heteroatoms. The number of halogens is 2. The zero-order valence-electron chi connectivity index (χ0n) is 5.86. The van der Waals surface area contributed by atoms with Gasteiger partial charge < -0.3 is 0 Å². The number of nitriles is 1. The fraction of sp³-hybridized carbons (Fsp3) is 0.125. The first-order valence-corrected chi connectivity index (χ1v) is 3.01. The van der Waals surface area contributed by atoms with E-state index in [0.717, 1.165) is 12.1 Å². The predicted octanol–water partition coefficient (Wildman–Crippen LogP) is 2.14. The second-order valence-electron chi connectivity index (χ2n) is 2.22. The lowest BCUT2D eigenvalue weighted by atomic mass is 10.1. The van der Waals surface area contributed by atoms with Gasteiger partial charge in [-0.25, -0.2) is 8.78 Å². The van der Waals surface area contributed by atoms with Crippen LogP contribution < -0.4 is 0 Å². The molecule has 1 aromatic carbocycles. The molecule has 0 amide bonds. The maximum atomic E-state index is 12.6. The molecule has 1 nitrogen and oxygen atoms in total. The van der Waals surface area contributed by atoms with Gasteiger partial charge in [0.05, 0.1) is 0 Å². The van der Waals surface area contributed by atoms with Crippen LogP contribution in [0.5, 0.6) is 0 Å². The fourth-order valence-corrected chi connectivity index (χ4v) is 0.807. The number of hydrogen-bond acceptors (Lipinski definition) is 1. The Morgan fingerprint density at radius 2 is 1.73 bits per heavy atom. The molecule has 0 radical (unpaired) electrons. The summed E-state index contributed by atoms with van der Waals surface area (Å²) >= 11 is 0. The summed E-state index contributed by atoms with van der Waals surface area (Å²) in [7, 11) is 0. The van der Waals surface area contributed by atoms with Crippen LogP contribution in [0, 0.1) is 29.9 Å². The van der Waals surface area contributed by atoms with Gasteiger partial charge in [0.25, 0.3) is 0 Å². The molecule has 0 saturated heterocycles. The summed E-state index contributed by atoms with van der Waals surface area (Å²) in [6, 6.07) is 3.69. The minimum Gasteiger partial charge on any atom is -0.205 e. The molecule has 0 saturated carbocycles. The Morgan fingerprint density at radius 3 is 2.09 bits per heavy atom. The zero-order chi connectivity index (χ0) is 8.43. The van der Waals surface area contributed by atoms with Crippen molar-refractivity contribution in [1.82, 2.24) is 0 Å². The van der Waals surface area contributed by atoms with Gasteiger partial charge in [-0.1, -0.05) is 0 Å². The number of nitrogens with zero attached hydrogens (tertiary/aromatic N) is 1. The van der Waals surface area contributed by atoms with Gasteiger partial charge in [0.2, 0.25) is 0 Å². The monoisotopic (exact) mass is 153 g/mol. The molecule has 0 aliphatic rings. The van der Waals surface area contributed by atoms with Gasteiger partial charge in [-0.05, 0) is 24.6 Å². The molecule has 0 spiro atoms. The Balaban J connectivity index is 3.40. The van der Waals surface area contributed by atoms with E-state index in [1.54, 1.807) is 6.92 Å². The topological polar surface area (TPSA) is 23.8 Å². The highest BCUT2D eigenvalue weighted by Crippen LogP contribution is 2.13. The third-order valence-corrected chi connectivity index (χ3v) is 1.30. The van der Waals surface area contributed by atoms with Crippen LogP contribution in [0.15, 0.2) is 12.1 Å². The molecule has 0 unspecified atom stereocenters. The van der Waals surface area contributed by atoms with Crippen LogP contribution >= 0.6 is 0 Å². The summed E-state index contributed by atoms with van der Waals surface area (Å²) in [5.74, 6) is -1.60. The average Bonchev–Trinajstić information content (AvgIpc) is 1.85. The van der Waals surface area contributed by atoms with E-state index in [1.165, 1.54) is 6.07 Å². The zero-order valence-corrected chi connectivity index (χ0v) is 5.86. The Morgan fingerprint density at radius 1 is 1.27 bits per heavy atom. The quantitative estimate of drug-likeness (QED) is 0.560. The maximum Gasteiger partial charge on any atom is 0.144 e. The summed E-state index contributed by atoms with van der Waals surface area (Å²) in [5.41, 5.74) is -0.0467. The first kappa shape index (κ1) is 7.67. The predicted molar refractivity (Wildman–Crippen MR) is 35.8 cm³/mol. The minimum atomic E-state index is -0.801. The number of aryl methyl sites for hydroxylation is 1. The van der Waals surface area contributed by atoms with Crippen LogP contribution in [-0.4, -0.2) is 0 Å². The van der Waals surface area contributed by atoms with Crippen molar-refractivity contribution in [2.75, 3.05) is 0 Å². The third kappa shape index (κ3) is 1.35. The molecule has 1 rings (SSSR count). The third-order valence-electron chi connectivity index (χ3n) is 1.30. The molecule has 0 aliphatic carbocycles. The molecule has 1 aromatic rings. The molecular formula is C8H5F2N. The highest BCUT2D eigenvalue weighted by atomic mass is 19.1.